The lowest BCUT2D eigenvalue weighted by atomic mass is 9.96. The van der Waals surface area contributed by atoms with Gasteiger partial charge < -0.3 is 14.2 Å². The van der Waals surface area contributed by atoms with Crippen LogP contribution in [0.3, 0.4) is 0 Å². The Hall–Kier alpha value is -3.75. The fourth-order valence-corrected chi connectivity index (χ4v) is 5.47. The molecule has 0 saturated carbocycles. The summed E-state index contributed by atoms with van der Waals surface area (Å²) in [6.07, 6.45) is 3.53. The van der Waals surface area contributed by atoms with Crippen LogP contribution >= 0.6 is 0 Å². The van der Waals surface area contributed by atoms with E-state index in [1.54, 1.807) is 42.4 Å². The second-order valence-electron chi connectivity index (χ2n) is 8.51. The van der Waals surface area contributed by atoms with Gasteiger partial charge in [0, 0.05) is 23.5 Å². The standard InChI is InChI=1S/C27H25N3O4S/c1-4-24(35(31,32)33)30-21-11-5-6-12-23(21)34-27-20(26-18(3)10-8-14-29-26)15-19(16-22(27)30)25-17(2)9-7-13-28-25/h5-16,24H,4H2,1-3H3,(H,31,32,33)/p-1. The topological polar surface area (TPSA) is 95.5 Å². The van der Waals surface area contributed by atoms with Crippen LogP contribution in [-0.2, 0) is 10.1 Å². The maximum absolute atomic E-state index is 12.4. The molecule has 0 saturated heterocycles. The van der Waals surface area contributed by atoms with Crippen LogP contribution in [0.15, 0.2) is 73.1 Å². The summed E-state index contributed by atoms with van der Waals surface area (Å²) in [6, 6.07) is 18.6. The molecular formula is C27H24N3O4S-. The van der Waals surface area contributed by atoms with E-state index in [-0.39, 0.29) is 6.42 Å². The van der Waals surface area contributed by atoms with Gasteiger partial charge in [0.15, 0.2) is 11.5 Å². The molecule has 4 aromatic rings. The van der Waals surface area contributed by atoms with Gasteiger partial charge in [0.1, 0.15) is 15.5 Å². The van der Waals surface area contributed by atoms with Gasteiger partial charge in [-0.25, -0.2) is 8.42 Å². The summed E-state index contributed by atoms with van der Waals surface area (Å²) >= 11 is 0. The highest BCUT2D eigenvalue weighted by atomic mass is 32.2. The van der Waals surface area contributed by atoms with Crippen LogP contribution in [0.5, 0.6) is 11.5 Å². The fraction of sp³-hybridized carbons (Fsp3) is 0.185. The van der Waals surface area contributed by atoms with Gasteiger partial charge in [0.05, 0.1) is 22.8 Å². The number of anilines is 2. The molecule has 0 bridgehead atoms. The molecule has 35 heavy (non-hydrogen) atoms. The summed E-state index contributed by atoms with van der Waals surface area (Å²) in [5.41, 5.74) is 5.82. The largest absolute Gasteiger partial charge is 0.746 e. The summed E-state index contributed by atoms with van der Waals surface area (Å²) in [4.78, 5) is 10.8. The third kappa shape index (κ3) is 4.05. The van der Waals surface area contributed by atoms with Crippen LogP contribution in [-0.4, -0.2) is 28.3 Å². The molecule has 1 atom stereocenters. The third-order valence-electron chi connectivity index (χ3n) is 6.18. The van der Waals surface area contributed by atoms with E-state index in [9.17, 15) is 13.0 Å². The fourth-order valence-electron chi connectivity index (χ4n) is 4.58. The summed E-state index contributed by atoms with van der Waals surface area (Å²) in [5.74, 6) is 0.920. The van der Waals surface area contributed by atoms with Crippen LogP contribution in [0.4, 0.5) is 11.4 Å². The van der Waals surface area contributed by atoms with Crippen molar-refractivity contribution in [3.05, 3.63) is 84.2 Å². The number of aryl methyl sites for hydroxylation is 2. The molecule has 7 nitrogen and oxygen atoms in total. The average molecular weight is 487 g/mol. The summed E-state index contributed by atoms with van der Waals surface area (Å²) in [7, 11) is -4.68. The Morgan fingerprint density at radius 2 is 1.57 bits per heavy atom. The molecule has 1 unspecified atom stereocenters. The SMILES string of the molecule is CCC(N1c2ccccc2Oc2c(-c3ncccc3C)cc(-c3ncccc3C)cc21)S(=O)(=O)[O-]. The number of para-hydroxylation sites is 2. The van der Waals surface area contributed by atoms with E-state index in [4.69, 9.17) is 4.74 Å². The molecule has 0 N–H and O–H groups in total. The van der Waals surface area contributed by atoms with Crippen LogP contribution in [0, 0.1) is 13.8 Å². The zero-order valence-electron chi connectivity index (χ0n) is 19.6. The maximum Gasteiger partial charge on any atom is 0.160 e. The Kier molecular flexibility index (Phi) is 5.78. The van der Waals surface area contributed by atoms with Gasteiger partial charge in [0.25, 0.3) is 0 Å². The second-order valence-corrected chi connectivity index (χ2v) is 10.0. The lowest BCUT2D eigenvalue weighted by Crippen LogP contribution is -2.39. The van der Waals surface area contributed by atoms with Crippen molar-refractivity contribution in [2.24, 2.45) is 0 Å². The number of rotatable bonds is 5. The molecule has 0 amide bonds. The van der Waals surface area contributed by atoms with Crippen LogP contribution < -0.4 is 9.64 Å². The molecule has 0 radical (unpaired) electrons. The zero-order valence-corrected chi connectivity index (χ0v) is 20.4. The molecule has 1 aliphatic heterocycles. The minimum atomic E-state index is -4.68. The number of pyridine rings is 2. The van der Waals surface area contributed by atoms with E-state index < -0.39 is 15.5 Å². The van der Waals surface area contributed by atoms with Gasteiger partial charge in [-0.2, -0.15) is 0 Å². The van der Waals surface area contributed by atoms with Crippen molar-refractivity contribution in [3.63, 3.8) is 0 Å². The van der Waals surface area contributed by atoms with Crippen molar-refractivity contribution in [1.29, 1.82) is 0 Å². The molecule has 178 valence electrons. The predicted octanol–water partition coefficient (Wildman–Crippen LogP) is 5.95. The smallest absolute Gasteiger partial charge is 0.160 e. The quantitative estimate of drug-likeness (QED) is 0.322. The number of nitrogens with zero attached hydrogens (tertiary/aromatic N) is 3. The molecular weight excluding hydrogens is 462 g/mol. The highest BCUT2D eigenvalue weighted by Crippen LogP contribution is 2.53. The number of aromatic nitrogens is 2. The molecule has 2 aromatic carbocycles. The minimum Gasteiger partial charge on any atom is -0.746 e. The van der Waals surface area contributed by atoms with Crippen LogP contribution in [0.2, 0.25) is 0 Å². The minimum absolute atomic E-state index is 0.102. The first-order chi connectivity index (χ1) is 16.8. The first-order valence-corrected chi connectivity index (χ1v) is 12.8. The number of fused-ring (bicyclic) bond motifs is 2. The van der Waals surface area contributed by atoms with Gasteiger partial charge in [-0.1, -0.05) is 31.2 Å². The maximum atomic E-state index is 12.4. The van der Waals surface area contributed by atoms with Crippen LogP contribution in [0.25, 0.3) is 22.5 Å². The number of ether oxygens (including phenoxy) is 1. The van der Waals surface area contributed by atoms with Crippen molar-refractivity contribution in [2.45, 2.75) is 32.6 Å². The average Bonchev–Trinajstić information content (AvgIpc) is 2.83. The summed E-state index contributed by atoms with van der Waals surface area (Å²) in [5, 5.41) is -1.32. The summed E-state index contributed by atoms with van der Waals surface area (Å²) in [6.45, 7) is 5.61. The molecule has 5 rings (SSSR count). The van der Waals surface area contributed by atoms with Crippen molar-refractivity contribution < 1.29 is 17.7 Å². The Balaban J connectivity index is 1.88. The van der Waals surface area contributed by atoms with Gasteiger partial charge in [-0.3, -0.25) is 9.97 Å². The molecule has 0 fully saturated rings. The normalized spacial score (nSPS) is 13.5. The predicted molar refractivity (Wildman–Crippen MR) is 135 cm³/mol. The van der Waals surface area contributed by atoms with E-state index in [0.29, 0.717) is 34.1 Å². The molecule has 8 heteroatoms. The zero-order chi connectivity index (χ0) is 24.7. The number of benzene rings is 2. The van der Waals surface area contributed by atoms with Crippen molar-refractivity contribution in [1.82, 2.24) is 9.97 Å². The Labute approximate surface area is 204 Å². The highest BCUT2D eigenvalue weighted by molar-refractivity contribution is 7.86. The lowest BCUT2D eigenvalue weighted by Gasteiger charge is -2.40. The molecule has 0 spiro atoms. The van der Waals surface area contributed by atoms with Gasteiger partial charge in [-0.05, 0) is 67.8 Å². The Bertz CT molecular complexity index is 1540. The molecule has 0 aliphatic carbocycles. The number of hydrogen-bond donors (Lipinski definition) is 0. The molecule has 2 aromatic heterocycles. The lowest BCUT2D eigenvalue weighted by molar-refractivity contribution is 0.439. The Morgan fingerprint density at radius 1 is 0.914 bits per heavy atom. The monoisotopic (exact) mass is 486 g/mol. The van der Waals surface area contributed by atoms with Gasteiger partial charge in [0.2, 0.25) is 0 Å². The van der Waals surface area contributed by atoms with Crippen molar-refractivity contribution >= 4 is 21.5 Å². The van der Waals surface area contributed by atoms with E-state index >= 15 is 0 Å². The molecule has 1 aliphatic rings. The first-order valence-electron chi connectivity index (χ1n) is 11.3. The van der Waals surface area contributed by atoms with Gasteiger partial charge >= 0.3 is 0 Å². The molecule has 3 heterocycles. The van der Waals surface area contributed by atoms with Crippen molar-refractivity contribution in [3.8, 4) is 34.0 Å². The van der Waals surface area contributed by atoms with Crippen molar-refractivity contribution in [2.75, 3.05) is 4.90 Å². The van der Waals surface area contributed by atoms with E-state index in [0.717, 1.165) is 22.4 Å². The van der Waals surface area contributed by atoms with E-state index in [1.165, 1.54) is 0 Å². The first kappa shape index (κ1) is 23.0. The summed E-state index contributed by atoms with van der Waals surface area (Å²) < 4.78 is 43.7. The van der Waals surface area contributed by atoms with Crippen LogP contribution in [0.1, 0.15) is 24.5 Å². The van der Waals surface area contributed by atoms with E-state index in [2.05, 4.69) is 9.97 Å². The number of hydrogen-bond acceptors (Lipinski definition) is 7. The highest BCUT2D eigenvalue weighted by Gasteiger charge is 2.35. The second kappa shape index (κ2) is 8.79. The van der Waals surface area contributed by atoms with Gasteiger partial charge in [-0.15, -0.1) is 0 Å². The van der Waals surface area contributed by atoms with E-state index in [1.807, 2.05) is 56.3 Å². The Morgan fingerprint density at radius 3 is 2.20 bits per heavy atom. The third-order valence-corrected chi connectivity index (χ3v) is 7.39.